The molecular formula is C9H9BrO2. The van der Waals surface area contributed by atoms with Gasteiger partial charge in [-0.1, -0.05) is 6.92 Å². The Hall–Kier alpha value is -0.830. The molecule has 0 radical (unpaired) electrons. The van der Waals surface area contributed by atoms with Crippen molar-refractivity contribution in [2.45, 2.75) is 13.3 Å². The molecule has 3 heteroatoms. The van der Waals surface area contributed by atoms with Gasteiger partial charge >= 0.3 is 0 Å². The fourth-order valence-corrected chi connectivity index (χ4v) is 0.712. The third-order valence-electron chi connectivity index (χ3n) is 1.34. The zero-order valence-electron chi connectivity index (χ0n) is 6.71. The van der Waals surface area contributed by atoms with Crippen LogP contribution in [0.15, 0.2) is 28.7 Å². The van der Waals surface area contributed by atoms with Gasteiger partial charge in [-0.15, -0.1) is 0 Å². The van der Waals surface area contributed by atoms with Crippen molar-refractivity contribution in [2.24, 2.45) is 0 Å². The molecule has 0 unspecified atom stereocenters. The maximum Gasteiger partial charge on any atom is 0.197 e. The molecule has 0 saturated heterocycles. The van der Waals surface area contributed by atoms with Crippen LogP contribution in [0.4, 0.5) is 0 Å². The molecule has 12 heavy (non-hydrogen) atoms. The molecule has 0 amide bonds. The van der Waals surface area contributed by atoms with Gasteiger partial charge in [-0.05, 0) is 40.2 Å². The minimum absolute atomic E-state index is 0.0671. The summed E-state index contributed by atoms with van der Waals surface area (Å²) in [5, 5.41) is 0. The zero-order chi connectivity index (χ0) is 8.97. The van der Waals surface area contributed by atoms with Gasteiger partial charge in [-0.2, -0.15) is 0 Å². The second kappa shape index (κ2) is 4.26. The normalized spacial score (nSPS) is 9.50. The summed E-state index contributed by atoms with van der Waals surface area (Å²) in [6.45, 7) is 1.80. The fraction of sp³-hybridized carbons (Fsp3) is 0.222. The largest absolute Gasteiger partial charge is 0.457 e. The molecule has 0 N–H and O–H groups in total. The highest BCUT2D eigenvalue weighted by atomic mass is 79.9. The quantitative estimate of drug-likeness (QED) is 0.703. The third kappa shape index (κ3) is 2.66. The second-order valence-electron chi connectivity index (χ2n) is 2.28. The van der Waals surface area contributed by atoms with Gasteiger partial charge in [-0.3, -0.25) is 4.79 Å². The van der Waals surface area contributed by atoms with Crippen molar-refractivity contribution >= 4 is 31.8 Å². The summed E-state index contributed by atoms with van der Waals surface area (Å²) < 4.78 is 5.15. The molecule has 2 bridgehead atoms. The van der Waals surface area contributed by atoms with Crippen LogP contribution in [0.1, 0.15) is 13.3 Å². The van der Waals surface area contributed by atoms with Crippen molar-refractivity contribution in [3.8, 4) is 0 Å². The Morgan fingerprint density at radius 2 is 1.67 bits per heavy atom. The molecular weight excluding hydrogens is 220 g/mol. The maximum absolute atomic E-state index is 9.73. The number of benzene rings is 1. The number of carbonyl (C=O) groups excluding carboxylic acids is 1. The average Bonchev–Trinajstić information content (AvgIpc) is 2.67. The topological polar surface area (TPSA) is 30.2 Å². The van der Waals surface area contributed by atoms with Gasteiger partial charge in [0.15, 0.2) is 4.69 Å². The van der Waals surface area contributed by atoms with Crippen LogP contribution in [0.3, 0.4) is 0 Å². The number of fused-ring (bicyclic) bond motifs is 2. The molecule has 2 aromatic rings. The Balaban J connectivity index is 0.000000130. The van der Waals surface area contributed by atoms with E-state index in [9.17, 15) is 4.79 Å². The Kier molecular flexibility index (Phi) is 3.29. The molecule has 0 saturated carbocycles. The molecule has 0 aromatic carbocycles. The Morgan fingerprint density at radius 3 is 1.75 bits per heavy atom. The molecule has 0 aliphatic carbocycles. The molecule has 2 heterocycles. The molecule has 0 atom stereocenters. The summed E-state index contributed by atoms with van der Waals surface area (Å²) in [7, 11) is 0. The Labute approximate surface area is 79.0 Å². The highest BCUT2D eigenvalue weighted by Gasteiger charge is 1.91. The van der Waals surface area contributed by atoms with E-state index in [1.165, 1.54) is 0 Å². The summed E-state index contributed by atoms with van der Waals surface area (Å²) in [5.41, 5.74) is 1.94. The first-order valence-corrected chi connectivity index (χ1v) is 4.48. The number of hydrogen-bond donors (Lipinski definition) is 0. The monoisotopic (exact) mass is 228 g/mol. The number of carbonyl (C=O) groups is 1. The summed E-state index contributed by atoms with van der Waals surface area (Å²) in [4.78, 5) is 9.73. The highest BCUT2D eigenvalue weighted by molar-refractivity contribution is 9.18. The molecule has 0 aliphatic heterocycles. The lowest BCUT2D eigenvalue weighted by Gasteiger charge is -1.68. The Morgan fingerprint density at radius 1 is 1.33 bits per heavy atom. The summed E-state index contributed by atoms with van der Waals surface area (Å²) in [6.07, 6.45) is 0.583. The smallest absolute Gasteiger partial charge is 0.197 e. The molecule has 2 rings (SSSR count). The van der Waals surface area contributed by atoms with Gasteiger partial charge in [-0.25, -0.2) is 0 Å². The van der Waals surface area contributed by atoms with Gasteiger partial charge < -0.3 is 4.42 Å². The van der Waals surface area contributed by atoms with Gasteiger partial charge in [0.2, 0.25) is 0 Å². The predicted octanol–water partition coefficient (Wildman–Crippen LogP) is 3.19. The van der Waals surface area contributed by atoms with Crippen LogP contribution in [0.5, 0.6) is 0 Å². The van der Waals surface area contributed by atoms with E-state index in [-0.39, 0.29) is 4.69 Å². The van der Waals surface area contributed by atoms with Crippen LogP contribution in [0.25, 0.3) is 11.2 Å². The lowest BCUT2D eigenvalue weighted by molar-refractivity contribution is -0.110. The van der Waals surface area contributed by atoms with Crippen molar-refractivity contribution in [1.29, 1.82) is 0 Å². The first-order chi connectivity index (χ1) is 5.72. The number of rotatable bonds is 1. The van der Waals surface area contributed by atoms with Crippen LogP contribution < -0.4 is 0 Å². The fourth-order valence-electron chi connectivity index (χ4n) is 0.712. The minimum atomic E-state index is 0.0671. The lowest BCUT2D eigenvalue weighted by atomic mass is 10.4. The van der Waals surface area contributed by atoms with E-state index in [1.807, 2.05) is 24.3 Å². The van der Waals surface area contributed by atoms with Crippen LogP contribution in [0.2, 0.25) is 0 Å². The molecule has 64 valence electrons. The van der Waals surface area contributed by atoms with Crippen LogP contribution in [-0.2, 0) is 4.79 Å². The van der Waals surface area contributed by atoms with E-state index in [0.29, 0.717) is 6.42 Å². The van der Waals surface area contributed by atoms with Crippen molar-refractivity contribution in [1.82, 2.24) is 0 Å². The van der Waals surface area contributed by atoms with Gasteiger partial charge in [0.25, 0.3) is 0 Å². The van der Waals surface area contributed by atoms with Gasteiger partial charge in [0.1, 0.15) is 11.2 Å². The minimum Gasteiger partial charge on any atom is -0.457 e. The van der Waals surface area contributed by atoms with Gasteiger partial charge in [0.05, 0.1) is 0 Å². The second-order valence-corrected chi connectivity index (χ2v) is 3.17. The van der Waals surface area contributed by atoms with E-state index < -0.39 is 0 Å². The summed E-state index contributed by atoms with van der Waals surface area (Å²) in [6, 6.07) is 7.81. The lowest BCUT2D eigenvalue weighted by Crippen LogP contribution is -1.73. The summed E-state index contributed by atoms with van der Waals surface area (Å²) in [5.74, 6) is 0. The Bertz CT molecular complexity index is 295. The van der Waals surface area contributed by atoms with E-state index in [0.717, 1.165) is 11.2 Å². The van der Waals surface area contributed by atoms with E-state index in [4.69, 9.17) is 4.42 Å². The summed E-state index contributed by atoms with van der Waals surface area (Å²) >= 11 is 2.73. The standard InChI is InChI=1S/C6H4O.C3H5BrO/c1-2-6-4-3-5(1)7-6;1-2-3(4)5/h1-4H;2H2,1H3. The highest BCUT2D eigenvalue weighted by Crippen LogP contribution is 2.13. The average molecular weight is 229 g/mol. The van der Waals surface area contributed by atoms with Crippen molar-refractivity contribution in [3.05, 3.63) is 24.3 Å². The van der Waals surface area contributed by atoms with Crippen LogP contribution in [0, 0.1) is 0 Å². The van der Waals surface area contributed by atoms with E-state index >= 15 is 0 Å². The zero-order valence-corrected chi connectivity index (χ0v) is 8.30. The SMILES string of the molecule is CCC(=O)Br.c1cc2ccc1o2. The number of furan rings is 2. The van der Waals surface area contributed by atoms with E-state index in [1.54, 1.807) is 6.92 Å². The predicted molar refractivity (Wildman–Crippen MR) is 51.6 cm³/mol. The van der Waals surface area contributed by atoms with Crippen LogP contribution >= 0.6 is 15.9 Å². The van der Waals surface area contributed by atoms with E-state index in [2.05, 4.69) is 15.9 Å². The van der Waals surface area contributed by atoms with Crippen molar-refractivity contribution in [2.75, 3.05) is 0 Å². The van der Waals surface area contributed by atoms with Crippen LogP contribution in [-0.4, -0.2) is 4.69 Å². The third-order valence-corrected chi connectivity index (χ3v) is 1.90. The van der Waals surface area contributed by atoms with Gasteiger partial charge in [0, 0.05) is 6.42 Å². The molecule has 0 fully saturated rings. The molecule has 2 nitrogen and oxygen atoms in total. The molecule has 0 aliphatic rings. The first kappa shape index (κ1) is 9.26. The molecule has 2 aromatic heterocycles. The molecule has 0 spiro atoms. The number of halogens is 1. The first-order valence-electron chi connectivity index (χ1n) is 3.68. The van der Waals surface area contributed by atoms with Crippen molar-refractivity contribution in [3.63, 3.8) is 0 Å². The van der Waals surface area contributed by atoms with Crippen molar-refractivity contribution < 1.29 is 9.21 Å². The number of hydrogen-bond acceptors (Lipinski definition) is 2. The maximum atomic E-state index is 9.73.